The maximum atomic E-state index is 15.1. The molecule has 3 heterocycles. The average molecular weight is 1280 g/mol. The summed E-state index contributed by atoms with van der Waals surface area (Å²) in [5.41, 5.74) is 5.87. The van der Waals surface area contributed by atoms with Crippen molar-refractivity contribution < 1.29 is 38.6 Å². The fourth-order valence-electron chi connectivity index (χ4n) is 14.3. The zero-order chi connectivity index (χ0) is 66.9. The lowest BCUT2D eigenvalue weighted by Crippen LogP contribution is -2.41. The van der Waals surface area contributed by atoms with Gasteiger partial charge in [0.15, 0.2) is 0 Å². The first-order chi connectivity index (χ1) is 46.5. The van der Waals surface area contributed by atoms with Crippen LogP contribution in [0.25, 0.3) is 43.1 Å². The lowest BCUT2D eigenvalue weighted by atomic mass is 9.82. The summed E-state index contributed by atoms with van der Waals surface area (Å²) >= 11 is 0. The number of hydrogen-bond acceptors (Lipinski definition) is 9. The van der Waals surface area contributed by atoms with E-state index in [1.54, 1.807) is 18.2 Å². The summed E-state index contributed by atoms with van der Waals surface area (Å²) in [6.45, 7) is 13.3. The van der Waals surface area contributed by atoms with Gasteiger partial charge in [0.2, 0.25) is 0 Å². The molecule has 0 spiro atoms. The highest BCUT2D eigenvalue weighted by Crippen LogP contribution is 2.48. The molecule has 504 valence electrons. The number of benzene rings is 7. The lowest BCUT2D eigenvalue weighted by molar-refractivity contribution is -0.137. The molecule has 0 saturated carbocycles. The molecule has 2 aliphatic rings. The Labute approximate surface area is 565 Å². The smallest absolute Gasteiger partial charge is 0.330 e. The van der Waals surface area contributed by atoms with Gasteiger partial charge in [0.25, 0.3) is 23.6 Å². The van der Waals surface area contributed by atoms with Gasteiger partial charge in [0.05, 0.1) is 24.6 Å². The Morgan fingerprint density at radius 2 is 0.821 bits per heavy atom. The summed E-state index contributed by atoms with van der Waals surface area (Å²) < 4.78 is 11.4. The predicted octanol–water partition coefficient (Wildman–Crippen LogP) is 22.6. The van der Waals surface area contributed by atoms with Gasteiger partial charge in [-0.3, -0.25) is 24.2 Å². The van der Waals surface area contributed by atoms with Gasteiger partial charge >= 0.3 is 5.97 Å². The van der Waals surface area contributed by atoms with Crippen LogP contribution in [0.3, 0.4) is 0 Å². The van der Waals surface area contributed by atoms with Gasteiger partial charge in [-0.05, 0) is 186 Å². The molecule has 0 bridgehead atoms. The van der Waals surface area contributed by atoms with Crippen molar-refractivity contribution in [2.24, 2.45) is 0 Å². The van der Waals surface area contributed by atoms with Crippen molar-refractivity contribution in [2.75, 3.05) is 23.0 Å². The molecule has 0 radical (unpaired) electrons. The van der Waals surface area contributed by atoms with E-state index in [9.17, 15) is 19.5 Å². The number of anilines is 2. The molecule has 1 atom stereocenters. The van der Waals surface area contributed by atoms with Gasteiger partial charge in [-0.1, -0.05) is 213 Å². The van der Waals surface area contributed by atoms with Gasteiger partial charge in [0, 0.05) is 51.5 Å². The van der Waals surface area contributed by atoms with E-state index in [-0.39, 0.29) is 17.6 Å². The number of imide groups is 2. The van der Waals surface area contributed by atoms with Crippen molar-refractivity contribution in [2.45, 2.75) is 245 Å². The number of amides is 4. The van der Waals surface area contributed by atoms with Crippen LogP contribution in [0, 0.1) is 0 Å². The Bertz CT molecular complexity index is 3730. The number of carbonyl (C=O) groups excluding carboxylic acids is 5. The first kappa shape index (κ1) is 71.4. The standard InChI is InChI=1S/C75H92N2O8.C9H13N/c1-4-7-9-11-13-15-17-19-21-23-25-27-31-35-53-51-55(78)37-47-65(53)76-72(80)61-43-39-57-59-41-45-63-71-64(46-42-60(69(59)71)58-40-44-62(73(76)81)70(61)68(57)58)75(83)77(74(63)82)66-48-38-56(84-49-33-29-30-34-50-85-67(79)6-3)52-54(66)36-32-28-26-24-22-20-18-16-14-12-10-8-5-2;1-3-8(2)9-4-6-10-7-5-9/h6,37-48,51-52,78H,3-5,7-36,49-50H2,1-2H3;4-8H,3H2,1-2H3. The molecule has 7 aromatic carbocycles. The van der Waals surface area contributed by atoms with Crippen LogP contribution in [0.1, 0.15) is 291 Å². The fourth-order valence-corrected chi connectivity index (χ4v) is 14.3. The number of rotatable bonds is 41. The van der Waals surface area contributed by atoms with Crippen LogP contribution in [0.2, 0.25) is 0 Å². The van der Waals surface area contributed by atoms with E-state index in [1.165, 1.54) is 156 Å². The van der Waals surface area contributed by atoms with E-state index >= 15 is 9.59 Å². The van der Waals surface area contributed by atoms with E-state index in [4.69, 9.17) is 9.47 Å². The first-order valence-electron chi connectivity index (χ1n) is 36.8. The molecule has 11 heteroatoms. The molecule has 4 amide bonds. The van der Waals surface area contributed by atoms with Crippen molar-refractivity contribution in [3.8, 4) is 11.5 Å². The average Bonchev–Trinajstić information content (AvgIpc) is 0.691. The molecule has 1 aromatic heterocycles. The van der Waals surface area contributed by atoms with Gasteiger partial charge in [-0.25, -0.2) is 14.6 Å². The van der Waals surface area contributed by atoms with Gasteiger partial charge in [-0.15, -0.1) is 0 Å². The summed E-state index contributed by atoms with van der Waals surface area (Å²) in [5.74, 6) is -0.506. The third-order valence-corrected chi connectivity index (χ3v) is 19.9. The largest absolute Gasteiger partial charge is 0.508 e. The number of phenols is 1. The molecule has 0 saturated heterocycles. The lowest BCUT2D eigenvalue weighted by Gasteiger charge is -2.31. The SMILES string of the molecule is C=CC(=O)OCCCCCCOc1ccc(N2C(=O)c3ccc4c5ccc6c7c(ccc(c8ccc(c3c48)C2=O)c75)C(=O)N(c2ccc(O)cc2CCCCCCCCCCCCCCC)C6=O)c(CCCCCCCCCCCCCCC)c1.CCC(C)c1ccncc1. The van der Waals surface area contributed by atoms with Gasteiger partial charge in [0.1, 0.15) is 11.5 Å². The van der Waals surface area contributed by atoms with Gasteiger partial charge < -0.3 is 14.6 Å². The molecule has 11 nitrogen and oxygen atoms in total. The van der Waals surface area contributed by atoms with E-state index < -0.39 is 17.8 Å². The molecular formula is C84H105N3O8. The van der Waals surface area contributed by atoms with E-state index in [1.807, 2.05) is 79.1 Å². The van der Waals surface area contributed by atoms with E-state index in [2.05, 4.69) is 51.4 Å². The number of pyridine rings is 1. The predicted molar refractivity (Wildman–Crippen MR) is 391 cm³/mol. The number of unbranched alkanes of at least 4 members (excludes halogenated alkanes) is 27. The van der Waals surface area contributed by atoms with Crippen LogP contribution >= 0.6 is 0 Å². The zero-order valence-electron chi connectivity index (χ0n) is 57.6. The third-order valence-electron chi connectivity index (χ3n) is 19.9. The molecule has 1 N–H and O–H groups in total. The molecule has 8 aromatic rings. The quantitative estimate of drug-likeness (QED) is 0.00989. The number of aromatic hydroxyl groups is 1. The molecule has 0 fully saturated rings. The van der Waals surface area contributed by atoms with E-state index in [0.29, 0.717) is 82.1 Å². The Balaban J connectivity index is 0.000000970. The number of ether oxygens (including phenoxy) is 2. The molecule has 10 rings (SSSR count). The Morgan fingerprint density at radius 1 is 0.453 bits per heavy atom. The van der Waals surface area contributed by atoms with Crippen molar-refractivity contribution in [3.05, 3.63) is 161 Å². The second kappa shape index (κ2) is 36.8. The van der Waals surface area contributed by atoms with Crippen molar-refractivity contribution in [1.82, 2.24) is 4.98 Å². The van der Waals surface area contributed by atoms with Crippen molar-refractivity contribution in [3.63, 3.8) is 0 Å². The van der Waals surface area contributed by atoms with Crippen LogP contribution < -0.4 is 14.5 Å². The summed E-state index contributed by atoms with van der Waals surface area (Å²) in [5, 5.41) is 16.8. The van der Waals surface area contributed by atoms with Crippen LogP contribution in [-0.2, 0) is 22.4 Å². The van der Waals surface area contributed by atoms with E-state index in [0.717, 1.165) is 108 Å². The topological polar surface area (TPSA) is 143 Å². The minimum Gasteiger partial charge on any atom is -0.508 e. The monoisotopic (exact) mass is 1280 g/mol. The minimum atomic E-state index is -0.407. The third kappa shape index (κ3) is 18.2. The van der Waals surface area contributed by atoms with Gasteiger partial charge in [-0.2, -0.15) is 0 Å². The number of hydrogen-bond donors (Lipinski definition) is 1. The maximum absolute atomic E-state index is 15.1. The Kier molecular flexibility index (Phi) is 27.7. The number of esters is 1. The number of fused-ring (bicyclic) bond motifs is 2. The summed E-state index contributed by atoms with van der Waals surface area (Å²) in [7, 11) is 0. The Morgan fingerprint density at radius 3 is 1.22 bits per heavy atom. The molecular weight excluding hydrogens is 1180 g/mol. The number of nitrogens with zero attached hydrogens (tertiary/aromatic N) is 3. The number of aryl methyl sites for hydroxylation is 2. The molecule has 2 aliphatic heterocycles. The minimum absolute atomic E-state index is 0.103. The first-order valence-corrected chi connectivity index (χ1v) is 36.8. The van der Waals surface area contributed by atoms with Crippen LogP contribution in [0.4, 0.5) is 11.4 Å². The summed E-state index contributed by atoms with van der Waals surface area (Å²) in [6, 6.07) is 30.0. The van der Waals surface area contributed by atoms with Crippen LogP contribution in [-0.4, -0.2) is 52.9 Å². The fraction of sp³-hybridized carbons (Fsp3) is 0.476. The van der Waals surface area contributed by atoms with Crippen LogP contribution in [0.15, 0.2) is 122 Å². The Hall–Kier alpha value is -7.92. The molecule has 0 aliphatic carbocycles. The normalized spacial score (nSPS) is 13.2. The number of carbonyl (C=O) groups is 5. The molecule has 95 heavy (non-hydrogen) atoms. The highest BCUT2D eigenvalue weighted by molar-refractivity contribution is 6.45. The second-order valence-electron chi connectivity index (χ2n) is 26.8. The maximum Gasteiger partial charge on any atom is 0.330 e. The number of aromatic nitrogens is 1. The summed E-state index contributed by atoms with van der Waals surface area (Å²) in [4.78, 5) is 77.9. The number of phenolic OH excluding ortho intramolecular Hbond substituents is 1. The zero-order valence-corrected chi connectivity index (χ0v) is 57.6. The molecule has 1 unspecified atom stereocenters. The summed E-state index contributed by atoms with van der Waals surface area (Å²) in [6.07, 6.45) is 43.1. The highest BCUT2D eigenvalue weighted by atomic mass is 16.5. The highest BCUT2D eigenvalue weighted by Gasteiger charge is 2.39. The van der Waals surface area contributed by atoms with Crippen LogP contribution in [0.5, 0.6) is 11.5 Å². The van der Waals surface area contributed by atoms with Crippen molar-refractivity contribution >= 4 is 84.1 Å². The second-order valence-corrected chi connectivity index (χ2v) is 26.8. The van der Waals surface area contributed by atoms with Crippen molar-refractivity contribution in [1.29, 1.82) is 0 Å².